The fourth-order valence-electron chi connectivity index (χ4n) is 3.50. The van der Waals surface area contributed by atoms with Gasteiger partial charge in [-0.1, -0.05) is 53.6 Å². The van der Waals surface area contributed by atoms with Gasteiger partial charge in [0.1, 0.15) is 0 Å². The Kier molecular flexibility index (Phi) is 6.79. The molecule has 1 aliphatic heterocycles. The Bertz CT molecular complexity index is 979. The van der Waals surface area contributed by atoms with E-state index in [2.05, 4.69) is 63.4 Å². The summed E-state index contributed by atoms with van der Waals surface area (Å²) in [6.45, 7) is 7.04. The molecule has 1 amide bonds. The van der Waals surface area contributed by atoms with Crippen molar-refractivity contribution in [1.29, 1.82) is 0 Å². The van der Waals surface area contributed by atoms with Crippen LogP contribution in [0.3, 0.4) is 0 Å². The predicted molar refractivity (Wildman–Crippen MR) is 124 cm³/mol. The maximum Gasteiger partial charge on any atom is 0.240 e. The van der Waals surface area contributed by atoms with E-state index in [4.69, 9.17) is 11.6 Å². The standard InChI is InChI=1S/C23H25ClN4OS/c1-17-2-6-19(7-3-17)21-16-30-23(25-21)26-22(29)15-28-12-10-27(11-13-28)14-18-4-8-20(24)9-5-18/h2-9,16H,10-15H2,1H3,(H,25,26,29). The van der Waals surface area contributed by atoms with Crippen molar-refractivity contribution >= 4 is 34.0 Å². The number of aromatic nitrogens is 1. The third-order valence-corrected chi connectivity index (χ3v) is 6.26. The summed E-state index contributed by atoms with van der Waals surface area (Å²) in [6, 6.07) is 16.3. The normalized spacial score (nSPS) is 15.3. The minimum absolute atomic E-state index is 0.00837. The lowest BCUT2D eigenvalue weighted by Gasteiger charge is -2.34. The van der Waals surface area contributed by atoms with Crippen molar-refractivity contribution in [3.05, 3.63) is 70.1 Å². The number of anilines is 1. The molecule has 3 aromatic rings. The molecule has 2 aromatic carbocycles. The molecule has 2 heterocycles. The average Bonchev–Trinajstić information content (AvgIpc) is 3.20. The number of rotatable bonds is 6. The molecule has 30 heavy (non-hydrogen) atoms. The van der Waals surface area contributed by atoms with Crippen LogP contribution in [0.5, 0.6) is 0 Å². The van der Waals surface area contributed by atoms with Gasteiger partial charge < -0.3 is 5.32 Å². The fraction of sp³-hybridized carbons (Fsp3) is 0.304. The van der Waals surface area contributed by atoms with Crippen LogP contribution in [0, 0.1) is 6.92 Å². The van der Waals surface area contributed by atoms with E-state index in [1.54, 1.807) is 0 Å². The van der Waals surface area contributed by atoms with Crippen LogP contribution in [0.4, 0.5) is 5.13 Å². The summed E-state index contributed by atoms with van der Waals surface area (Å²) in [4.78, 5) is 21.6. The molecule has 156 valence electrons. The summed E-state index contributed by atoms with van der Waals surface area (Å²) in [5.74, 6) is -0.00837. The van der Waals surface area contributed by atoms with Gasteiger partial charge in [-0.15, -0.1) is 11.3 Å². The van der Waals surface area contributed by atoms with Crippen molar-refractivity contribution < 1.29 is 4.79 Å². The second-order valence-electron chi connectivity index (χ2n) is 7.63. The maximum atomic E-state index is 12.5. The van der Waals surface area contributed by atoms with Crippen LogP contribution in [0.2, 0.25) is 5.02 Å². The highest BCUT2D eigenvalue weighted by Gasteiger charge is 2.19. The molecule has 0 aliphatic carbocycles. The Hall–Kier alpha value is -2.25. The van der Waals surface area contributed by atoms with Gasteiger partial charge in [0, 0.05) is 48.7 Å². The van der Waals surface area contributed by atoms with Crippen LogP contribution < -0.4 is 5.32 Å². The molecule has 1 aromatic heterocycles. The van der Waals surface area contributed by atoms with Crippen molar-refractivity contribution in [2.45, 2.75) is 13.5 Å². The molecule has 1 N–H and O–H groups in total. The van der Waals surface area contributed by atoms with Crippen molar-refractivity contribution in [2.75, 3.05) is 38.0 Å². The second kappa shape index (κ2) is 9.71. The Labute approximate surface area is 186 Å². The highest BCUT2D eigenvalue weighted by molar-refractivity contribution is 7.14. The van der Waals surface area contributed by atoms with Crippen LogP contribution in [-0.2, 0) is 11.3 Å². The summed E-state index contributed by atoms with van der Waals surface area (Å²) >= 11 is 7.42. The highest BCUT2D eigenvalue weighted by atomic mass is 35.5. The van der Waals surface area contributed by atoms with Gasteiger partial charge in [-0.3, -0.25) is 14.6 Å². The summed E-state index contributed by atoms with van der Waals surface area (Å²) < 4.78 is 0. The van der Waals surface area contributed by atoms with E-state index in [9.17, 15) is 4.79 Å². The molecule has 7 heteroatoms. The lowest BCUT2D eigenvalue weighted by atomic mass is 10.1. The first kappa shape index (κ1) is 21.0. The summed E-state index contributed by atoms with van der Waals surface area (Å²) in [5.41, 5.74) is 4.44. The number of thiazole rings is 1. The van der Waals surface area contributed by atoms with E-state index in [0.29, 0.717) is 11.7 Å². The van der Waals surface area contributed by atoms with Gasteiger partial charge in [0.2, 0.25) is 5.91 Å². The Morgan fingerprint density at radius 1 is 1.03 bits per heavy atom. The molecule has 4 rings (SSSR count). The van der Waals surface area contributed by atoms with Crippen LogP contribution in [0.15, 0.2) is 53.9 Å². The first-order valence-electron chi connectivity index (χ1n) is 10.1. The Balaban J connectivity index is 1.23. The number of benzene rings is 2. The molecule has 0 radical (unpaired) electrons. The van der Waals surface area contributed by atoms with Gasteiger partial charge in [0.05, 0.1) is 12.2 Å². The number of carbonyl (C=O) groups is 1. The molecule has 0 spiro atoms. The van der Waals surface area contributed by atoms with E-state index in [1.165, 1.54) is 22.5 Å². The van der Waals surface area contributed by atoms with Crippen molar-refractivity contribution in [2.24, 2.45) is 0 Å². The van der Waals surface area contributed by atoms with Gasteiger partial charge >= 0.3 is 0 Å². The SMILES string of the molecule is Cc1ccc(-c2csc(NC(=O)CN3CCN(Cc4ccc(Cl)cc4)CC3)n2)cc1. The maximum absolute atomic E-state index is 12.5. The minimum atomic E-state index is -0.00837. The van der Waals surface area contributed by atoms with E-state index < -0.39 is 0 Å². The monoisotopic (exact) mass is 440 g/mol. The topological polar surface area (TPSA) is 48.5 Å². The average molecular weight is 441 g/mol. The number of amides is 1. The predicted octanol–water partition coefficient (Wildman–Crippen LogP) is 4.53. The van der Waals surface area contributed by atoms with Crippen molar-refractivity contribution in [3.8, 4) is 11.3 Å². The number of carbonyl (C=O) groups excluding carboxylic acids is 1. The van der Waals surface area contributed by atoms with Gasteiger partial charge in [-0.2, -0.15) is 0 Å². The van der Waals surface area contributed by atoms with Gasteiger partial charge in [-0.25, -0.2) is 4.98 Å². The summed E-state index contributed by atoms with van der Waals surface area (Å²) in [6.07, 6.45) is 0. The Morgan fingerprint density at radius 3 is 2.40 bits per heavy atom. The van der Waals surface area contributed by atoms with E-state index in [1.807, 2.05) is 17.5 Å². The van der Waals surface area contributed by atoms with Crippen LogP contribution >= 0.6 is 22.9 Å². The third-order valence-electron chi connectivity index (χ3n) is 5.25. The molecule has 0 bridgehead atoms. The number of piperazine rings is 1. The van der Waals surface area contributed by atoms with Crippen molar-refractivity contribution in [3.63, 3.8) is 0 Å². The first-order valence-corrected chi connectivity index (χ1v) is 11.3. The van der Waals surface area contributed by atoms with Crippen LogP contribution in [0.25, 0.3) is 11.3 Å². The highest BCUT2D eigenvalue weighted by Crippen LogP contribution is 2.25. The molecular formula is C23H25ClN4OS. The Morgan fingerprint density at radius 2 is 1.70 bits per heavy atom. The van der Waals surface area contributed by atoms with Crippen molar-refractivity contribution in [1.82, 2.24) is 14.8 Å². The fourth-order valence-corrected chi connectivity index (χ4v) is 4.37. The van der Waals surface area contributed by atoms with Gasteiger partial charge in [0.15, 0.2) is 5.13 Å². The molecule has 1 saturated heterocycles. The van der Waals surface area contributed by atoms with Crippen LogP contribution in [-0.4, -0.2) is 53.4 Å². The molecule has 5 nitrogen and oxygen atoms in total. The zero-order valence-electron chi connectivity index (χ0n) is 17.0. The first-order chi connectivity index (χ1) is 14.5. The van der Waals surface area contributed by atoms with E-state index in [-0.39, 0.29) is 5.91 Å². The number of nitrogens with one attached hydrogen (secondary N) is 1. The molecule has 0 saturated carbocycles. The molecule has 0 atom stereocenters. The molecule has 0 unspecified atom stereocenters. The molecule has 1 fully saturated rings. The smallest absolute Gasteiger partial charge is 0.240 e. The number of nitrogens with zero attached hydrogens (tertiary/aromatic N) is 3. The molecule has 1 aliphatic rings. The summed E-state index contributed by atoms with van der Waals surface area (Å²) in [7, 11) is 0. The van der Waals surface area contributed by atoms with Crippen LogP contribution in [0.1, 0.15) is 11.1 Å². The zero-order valence-corrected chi connectivity index (χ0v) is 18.5. The minimum Gasteiger partial charge on any atom is -0.301 e. The second-order valence-corrected chi connectivity index (χ2v) is 8.93. The largest absolute Gasteiger partial charge is 0.301 e. The number of hydrogen-bond acceptors (Lipinski definition) is 5. The lowest BCUT2D eigenvalue weighted by molar-refractivity contribution is -0.117. The summed E-state index contributed by atoms with van der Waals surface area (Å²) in [5, 5.41) is 6.34. The lowest BCUT2D eigenvalue weighted by Crippen LogP contribution is -2.48. The number of halogens is 1. The van der Waals surface area contributed by atoms with E-state index >= 15 is 0 Å². The quantitative estimate of drug-likeness (QED) is 0.611. The number of hydrogen-bond donors (Lipinski definition) is 1. The zero-order chi connectivity index (χ0) is 20.9. The molecular weight excluding hydrogens is 416 g/mol. The number of aryl methyl sites for hydroxylation is 1. The third kappa shape index (κ3) is 5.67. The van der Waals surface area contributed by atoms with Gasteiger partial charge in [0.25, 0.3) is 0 Å². The van der Waals surface area contributed by atoms with Gasteiger partial charge in [-0.05, 0) is 24.6 Å². The van der Waals surface area contributed by atoms with E-state index in [0.717, 1.165) is 49.0 Å².